The fraction of sp³-hybridized carbons (Fsp3) is 0.500. The van der Waals surface area contributed by atoms with Gasteiger partial charge in [0.15, 0.2) is 6.10 Å². The Balaban J connectivity index is 2.53. The zero-order valence-electron chi connectivity index (χ0n) is 10.7. The lowest BCUT2D eigenvalue weighted by molar-refractivity contribution is -0.160. The smallest absolute Gasteiger partial charge is 0.335 e. The molecule has 1 atom stereocenters. The minimum atomic E-state index is -0.491. The third-order valence-corrected chi connectivity index (χ3v) is 2.40. The maximum absolute atomic E-state index is 11.7. The van der Waals surface area contributed by atoms with Gasteiger partial charge in [0.1, 0.15) is 0 Å². The van der Waals surface area contributed by atoms with Crippen LogP contribution in [0.2, 0.25) is 0 Å². The van der Waals surface area contributed by atoms with Gasteiger partial charge in [-0.05, 0) is 18.4 Å². The lowest BCUT2D eigenvalue weighted by Crippen LogP contribution is -2.31. The molecule has 17 heavy (non-hydrogen) atoms. The second-order valence-corrected chi connectivity index (χ2v) is 4.21. The molecule has 0 saturated carbocycles. The molecule has 3 nitrogen and oxygen atoms in total. The van der Waals surface area contributed by atoms with Crippen LogP contribution in [0.15, 0.2) is 30.3 Å². The lowest BCUT2D eigenvalue weighted by Gasteiger charge is -2.19. The van der Waals surface area contributed by atoms with Gasteiger partial charge in [0.25, 0.3) is 0 Å². The Kier molecular flexibility index (Phi) is 5.70. The molecule has 0 aliphatic rings. The van der Waals surface area contributed by atoms with Gasteiger partial charge in [0.2, 0.25) is 0 Å². The third kappa shape index (κ3) is 4.57. The Labute approximate surface area is 103 Å². The van der Waals surface area contributed by atoms with Crippen LogP contribution in [-0.2, 0) is 20.9 Å². The molecule has 0 bridgehead atoms. The SMILES string of the molecule is CCOC(=O)[C@H](OCc1ccccc1)C(C)C. The van der Waals surface area contributed by atoms with Crippen LogP contribution in [0.3, 0.4) is 0 Å². The van der Waals surface area contributed by atoms with Crippen LogP contribution in [-0.4, -0.2) is 18.7 Å². The highest BCUT2D eigenvalue weighted by Gasteiger charge is 2.24. The summed E-state index contributed by atoms with van der Waals surface area (Å²) in [4.78, 5) is 11.7. The maximum Gasteiger partial charge on any atom is 0.335 e. The first-order valence-electron chi connectivity index (χ1n) is 5.97. The van der Waals surface area contributed by atoms with Crippen molar-refractivity contribution >= 4 is 5.97 Å². The number of ether oxygens (including phenoxy) is 2. The number of benzene rings is 1. The minimum absolute atomic E-state index is 0.109. The van der Waals surface area contributed by atoms with Gasteiger partial charge in [-0.1, -0.05) is 44.2 Å². The van der Waals surface area contributed by atoms with Gasteiger partial charge < -0.3 is 9.47 Å². The molecule has 94 valence electrons. The van der Waals surface area contributed by atoms with Gasteiger partial charge in [-0.25, -0.2) is 4.79 Å². The van der Waals surface area contributed by atoms with E-state index < -0.39 is 6.10 Å². The van der Waals surface area contributed by atoms with Crippen molar-refractivity contribution in [2.24, 2.45) is 5.92 Å². The number of esters is 1. The maximum atomic E-state index is 11.7. The van der Waals surface area contributed by atoms with Crippen LogP contribution < -0.4 is 0 Å². The van der Waals surface area contributed by atoms with E-state index in [0.717, 1.165) is 5.56 Å². The van der Waals surface area contributed by atoms with Crippen LogP contribution in [0, 0.1) is 5.92 Å². The second-order valence-electron chi connectivity index (χ2n) is 4.21. The van der Waals surface area contributed by atoms with Gasteiger partial charge in [0, 0.05) is 0 Å². The molecule has 0 unspecified atom stereocenters. The van der Waals surface area contributed by atoms with Crippen molar-refractivity contribution in [1.82, 2.24) is 0 Å². The molecule has 0 radical (unpaired) electrons. The number of hydrogen-bond acceptors (Lipinski definition) is 3. The highest BCUT2D eigenvalue weighted by atomic mass is 16.6. The summed E-state index contributed by atoms with van der Waals surface area (Å²) in [7, 11) is 0. The number of rotatable bonds is 6. The first kappa shape index (κ1) is 13.7. The molecule has 0 heterocycles. The number of carbonyl (C=O) groups excluding carboxylic acids is 1. The Bertz CT molecular complexity index is 333. The lowest BCUT2D eigenvalue weighted by atomic mass is 10.1. The molecule has 1 rings (SSSR count). The largest absolute Gasteiger partial charge is 0.464 e. The molecule has 3 heteroatoms. The fourth-order valence-corrected chi connectivity index (χ4v) is 1.52. The van der Waals surface area contributed by atoms with E-state index in [4.69, 9.17) is 9.47 Å². The van der Waals surface area contributed by atoms with Crippen LogP contribution in [0.4, 0.5) is 0 Å². The molecule has 0 aliphatic heterocycles. The second kappa shape index (κ2) is 7.07. The normalized spacial score (nSPS) is 12.5. The van der Waals surface area contributed by atoms with Gasteiger partial charge in [0.05, 0.1) is 13.2 Å². The quantitative estimate of drug-likeness (QED) is 0.712. The molecule has 0 aliphatic carbocycles. The first-order chi connectivity index (χ1) is 8.15. The van der Waals surface area contributed by atoms with E-state index in [9.17, 15) is 4.79 Å². The van der Waals surface area contributed by atoms with Crippen LogP contribution in [0.25, 0.3) is 0 Å². The van der Waals surface area contributed by atoms with Gasteiger partial charge in [-0.15, -0.1) is 0 Å². The number of carbonyl (C=O) groups is 1. The summed E-state index contributed by atoms with van der Waals surface area (Å²) >= 11 is 0. The number of hydrogen-bond donors (Lipinski definition) is 0. The van der Waals surface area contributed by atoms with Crippen molar-refractivity contribution < 1.29 is 14.3 Å². The summed E-state index contributed by atoms with van der Waals surface area (Å²) < 4.78 is 10.6. The zero-order chi connectivity index (χ0) is 12.7. The van der Waals surface area contributed by atoms with Crippen molar-refractivity contribution in [2.75, 3.05) is 6.61 Å². The van der Waals surface area contributed by atoms with Crippen LogP contribution in [0.1, 0.15) is 26.3 Å². The summed E-state index contributed by atoms with van der Waals surface area (Å²) in [6.07, 6.45) is -0.491. The molecule has 1 aromatic rings. The summed E-state index contributed by atoms with van der Waals surface area (Å²) in [6, 6.07) is 9.81. The van der Waals surface area contributed by atoms with Crippen molar-refractivity contribution in [3.05, 3.63) is 35.9 Å². The van der Waals surface area contributed by atoms with E-state index in [1.54, 1.807) is 6.92 Å². The average molecular weight is 236 g/mol. The molecular weight excluding hydrogens is 216 g/mol. The van der Waals surface area contributed by atoms with Gasteiger partial charge >= 0.3 is 5.97 Å². The van der Waals surface area contributed by atoms with Crippen molar-refractivity contribution in [3.63, 3.8) is 0 Å². The predicted octanol–water partition coefficient (Wildman–Crippen LogP) is 2.79. The standard InChI is InChI=1S/C14H20O3/c1-4-16-14(15)13(11(2)3)17-10-12-8-6-5-7-9-12/h5-9,11,13H,4,10H2,1-3H3/t13-/m1/s1. The minimum Gasteiger partial charge on any atom is -0.464 e. The molecule has 0 saturated heterocycles. The highest BCUT2D eigenvalue weighted by molar-refractivity contribution is 5.74. The molecule has 0 aromatic heterocycles. The highest BCUT2D eigenvalue weighted by Crippen LogP contribution is 2.12. The van der Waals surface area contributed by atoms with Crippen LogP contribution in [0.5, 0.6) is 0 Å². The van der Waals surface area contributed by atoms with E-state index in [2.05, 4.69) is 0 Å². The Morgan fingerprint density at radius 2 is 1.88 bits per heavy atom. The van der Waals surface area contributed by atoms with Crippen molar-refractivity contribution in [1.29, 1.82) is 0 Å². The zero-order valence-corrected chi connectivity index (χ0v) is 10.7. The van der Waals surface area contributed by atoms with E-state index >= 15 is 0 Å². The van der Waals surface area contributed by atoms with Crippen molar-refractivity contribution in [2.45, 2.75) is 33.5 Å². The molecular formula is C14H20O3. The predicted molar refractivity (Wildman–Crippen MR) is 66.5 cm³/mol. The summed E-state index contributed by atoms with van der Waals surface area (Å²) in [5.41, 5.74) is 1.06. The first-order valence-corrected chi connectivity index (χ1v) is 5.97. The summed E-state index contributed by atoms with van der Waals surface area (Å²) in [6.45, 7) is 6.52. The summed E-state index contributed by atoms with van der Waals surface area (Å²) in [5, 5.41) is 0. The molecule has 0 fully saturated rings. The topological polar surface area (TPSA) is 35.5 Å². The molecule has 0 N–H and O–H groups in total. The average Bonchev–Trinajstić information content (AvgIpc) is 2.30. The molecule has 0 spiro atoms. The van der Waals surface area contributed by atoms with E-state index in [1.807, 2.05) is 44.2 Å². The molecule has 1 aromatic carbocycles. The van der Waals surface area contributed by atoms with Crippen LogP contribution >= 0.6 is 0 Å². The third-order valence-electron chi connectivity index (χ3n) is 2.40. The van der Waals surface area contributed by atoms with E-state index in [-0.39, 0.29) is 11.9 Å². The molecule has 0 amide bonds. The fourth-order valence-electron chi connectivity index (χ4n) is 1.52. The van der Waals surface area contributed by atoms with E-state index in [0.29, 0.717) is 13.2 Å². The van der Waals surface area contributed by atoms with Gasteiger partial charge in [-0.2, -0.15) is 0 Å². The van der Waals surface area contributed by atoms with Crippen molar-refractivity contribution in [3.8, 4) is 0 Å². The van der Waals surface area contributed by atoms with E-state index in [1.165, 1.54) is 0 Å². The Hall–Kier alpha value is -1.35. The Morgan fingerprint density at radius 3 is 2.41 bits per heavy atom. The monoisotopic (exact) mass is 236 g/mol. The summed E-state index contributed by atoms with van der Waals surface area (Å²) in [5.74, 6) is -0.170. The Morgan fingerprint density at radius 1 is 1.24 bits per heavy atom. The van der Waals surface area contributed by atoms with Gasteiger partial charge in [-0.3, -0.25) is 0 Å².